The first-order chi connectivity index (χ1) is 7.52. The zero-order valence-electron chi connectivity index (χ0n) is 8.97. The van der Waals surface area contributed by atoms with Crippen LogP contribution in [0.25, 0.3) is 0 Å². The predicted molar refractivity (Wildman–Crippen MR) is 58.5 cm³/mol. The zero-order chi connectivity index (χ0) is 12.2. The minimum absolute atomic E-state index is 0.0222. The van der Waals surface area contributed by atoms with Crippen molar-refractivity contribution in [3.8, 4) is 11.5 Å². The minimum Gasteiger partial charge on any atom is -0.493 e. The molecule has 0 radical (unpaired) electrons. The fourth-order valence-corrected chi connectivity index (χ4v) is 1.55. The fraction of sp³-hybridized carbons (Fsp3) is 0.300. The smallest absolute Gasteiger partial charge is 0.309 e. The molecule has 0 fully saturated rings. The molecule has 5 nitrogen and oxygen atoms in total. The van der Waals surface area contributed by atoms with Crippen LogP contribution in [0, 0.1) is 0 Å². The molecule has 16 heavy (non-hydrogen) atoms. The zero-order valence-corrected chi connectivity index (χ0v) is 9.78. The van der Waals surface area contributed by atoms with Gasteiger partial charge in [-0.3, -0.25) is 4.79 Å². The Balaban J connectivity index is 3.14. The summed E-state index contributed by atoms with van der Waals surface area (Å²) in [4.78, 5) is 10.5. The van der Waals surface area contributed by atoms with Crippen LogP contribution < -0.4 is 8.92 Å². The number of carbonyl (C=O) groups excluding carboxylic acids is 1. The van der Waals surface area contributed by atoms with Crippen LogP contribution in [0.15, 0.2) is 18.2 Å². The summed E-state index contributed by atoms with van der Waals surface area (Å²) in [6.45, 7) is 1.46. The highest BCUT2D eigenvalue weighted by Crippen LogP contribution is 2.28. The van der Waals surface area contributed by atoms with Crippen molar-refractivity contribution in [1.29, 1.82) is 0 Å². The van der Waals surface area contributed by atoms with Crippen molar-refractivity contribution >= 4 is 16.4 Å². The molecule has 0 aliphatic heterocycles. The van der Waals surface area contributed by atoms with Crippen molar-refractivity contribution in [1.82, 2.24) is 0 Å². The first kappa shape index (κ1) is 12.5. The minimum atomic E-state index is -3.63. The number of carbonyl (C=O) groups is 1. The van der Waals surface area contributed by atoms with Crippen molar-refractivity contribution < 1.29 is 22.1 Å². The standard InChI is InChI=1S/C10H12O5S/c1-3-16(12,13)15-10-6-8(7-11)4-5-9(10)14-2/h4-7H,3H2,1-2H3. The summed E-state index contributed by atoms with van der Waals surface area (Å²) < 4.78 is 32.3. The average Bonchev–Trinajstić information content (AvgIpc) is 2.28. The second-order valence-electron chi connectivity index (χ2n) is 2.96. The molecule has 0 atom stereocenters. The van der Waals surface area contributed by atoms with Crippen molar-refractivity contribution in [2.24, 2.45) is 0 Å². The van der Waals surface area contributed by atoms with E-state index in [9.17, 15) is 13.2 Å². The Bertz CT molecular complexity index is 478. The third kappa shape index (κ3) is 2.96. The van der Waals surface area contributed by atoms with E-state index >= 15 is 0 Å². The summed E-state index contributed by atoms with van der Waals surface area (Å²) in [7, 11) is -2.24. The van der Waals surface area contributed by atoms with Crippen LogP contribution in [0.3, 0.4) is 0 Å². The topological polar surface area (TPSA) is 69.7 Å². The lowest BCUT2D eigenvalue weighted by Gasteiger charge is -2.09. The molecule has 1 aromatic rings. The van der Waals surface area contributed by atoms with Crippen LogP contribution in [0.5, 0.6) is 11.5 Å². The van der Waals surface area contributed by atoms with E-state index in [0.29, 0.717) is 11.8 Å². The van der Waals surface area contributed by atoms with Gasteiger partial charge in [0.25, 0.3) is 0 Å². The molecule has 6 heteroatoms. The molecule has 0 aliphatic rings. The van der Waals surface area contributed by atoms with Crippen molar-refractivity contribution in [3.63, 3.8) is 0 Å². The van der Waals surface area contributed by atoms with Gasteiger partial charge in [-0.25, -0.2) is 0 Å². The molecule has 0 saturated heterocycles. The molecule has 1 aromatic carbocycles. The van der Waals surface area contributed by atoms with Crippen LogP contribution in [-0.4, -0.2) is 27.6 Å². The summed E-state index contributed by atoms with van der Waals surface area (Å²) >= 11 is 0. The first-order valence-electron chi connectivity index (χ1n) is 4.57. The average molecular weight is 244 g/mol. The summed E-state index contributed by atoms with van der Waals surface area (Å²) in [6.07, 6.45) is 0.602. The normalized spacial score (nSPS) is 10.9. The van der Waals surface area contributed by atoms with Gasteiger partial charge in [-0.05, 0) is 25.1 Å². The fourth-order valence-electron chi connectivity index (χ4n) is 1.03. The van der Waals surface area contributed by atoms with Gasteiger partial charge < -0.3 is 8.92 Å². The number of benzene rings is 1. The predicted octanol–water partition coefficient (Wildman–Crippen LogP) is 1.24. The van der Waals surface area contributed by atoms with Crippen LogP contribution in [0.4, 0.5) is 0 Å². The number of aldehydes is 1. The first-order valence-corrected chi connectivity index (χ1v) is 6.15. The molecule has 0 amide bonds. The lowest BCUT2D eigenvalue weighted by Crippen LogP contribution is -2.12. The van der Waals surface area contributed by atoms with Gasteiger partial charge in [0.1, 0.15) is 6.29 Å². The maximum Gasteiger partial charge on any atom is 0.309 e. The summed E-state index contributed by atoms with van der Waals surface area (Å²) in [5.41, 5.74) is 0.321. The quantitative estimate of drug-likeness (QED) is 0.575. The third-order valence-corrected chi connectivity index (χ3v) is 3.03. The molecule has 88 valence electrons. The van der Waals surface area contributed by atoms with E-state index < -0.39 is 10.1 Å². The maximum atomic E-state index is 11.3. The highest BCUT2D eigenvalue weighted by Gasteiger charge is 2.14. The number of hydrogen-bond acceptors (Lipinski definition) is 5. The molecule has 0 saturated carbocycles. The van der Waals surface area contributed by atoms with Gasteiger partial charge in [-0.1, -0.05) is 0 Å². The molecule has 1 rings (SSSR count). The Labute approximate surface area is 94.1 Å². The van der Waals surface area contributed by atoms with Crippen LogP contribution in [-0.2, 0) is 10.1 Å². The lowest BCUT2D eigenvalue weighted by atomic mass is 10.2. The van der Waals surface area contributed by atoms with Gasteiger partial charge in [0.05, 0.1) is 12.9 Å². The van der Waals surface area contributed by atoms with Crippen molar-refractivity contribution in [2.75, 3.05) is 12.9 Å². The van der Waals surface area contributed by atoms with Crippen LogP contribution in [0.2, 0.25) is 0 Å². The number of rotatable bonds is 5. The Kier molecular flexibility index (Phi) is 3.89. The summed E-state index contributed by atoms with van der Waals surface area (Å²) in [5.74, 6) is 0.137. The van der Waals surface area contributed by atoms with E-state index in [0.717, 1.165) is 0 Å². The molecule has 0 N–H and O–H groups in total. The SMILES string of the molecule is CCS(=O)(=O)Oc1cc(C=O)ccc1OC. The molecule has 0 spiro atoms. The molecule has 0 aliphatic carbocycles. The van der Waals surface area contributed by atoms with E-state index in [2.05, 4.69) is 0 Å². The van der Waals surface area contributed by atoms with Gasteiger partial charge in [0.15, 0.2) is 11.5 Å². The Morgan fingerprint density at radius 1 is 1.31 bits per heavy atom. The van der Waals surface area contributed by atoms with Crippen LogP contribution in [0.1, 0.15) is 17.3 Å². The largest absolute Gasteiger partial charge is 0.493 e. The molecule has 0 aromatic heterocycles. The molecular weight excluding hydrogens is 232 g/mol. The highest BCUT2D eigenvalue weighted by atomic mass is 32.2. The molecule has 0 heterocycles. The van der Waals surface area contributed by atoms with E-state index in [-0.39, 0.29) is 17.3 Å². The van der Waals surface area contributed by atoms with E-state index in [1.54, 1.807) is 0 Å². The number of hydrogen-bond donors (Lipinski definition) is 0. The van der Waals surface area contributed by atoms with Crippen molar-refractivity contribution in [2.45, 2.75) is 6.92 Å². The van der Waals surface area contributed by atoms with Gasteiger partial charge in [0, 0.05) is 5.56 Å². The molecular formula is C10H12O5S. The Morgan fingerprint density at radius 3 is 2.50 bits per heavy atom. The summed E-state index contributed by atoms with van der Waals surface area (Å²) in [6, 6.07) is 4.31. The lowest BCUT2D eigenvalue weighted by molar-refractivity contribution is 0.112. The van der Waals surface area contributed by atoms with Gasteiger partial charge in [-0.15, -0.1) is 0 Å². The van der Waals surface area contributed by atoms with Gasteiger partial charge in [-0.2, -0.15) is 8.42 Å². The van der Waals surface area contributed by atoms with Gasteiger partial charge in [0.2, 0.25) is 0 Å². The van der Waals surface area contributed by atoms with E-state index in [1.165, 1.54) is 32.2 Å². The van der Waals surface area contributed by atoms with E-state index in [1.807, 2.05) is 0 Å². The highest BCUT2D eigenvalue weighted by molar-refractivity contribution is 7.87. The second kappa shape index (κ2) is 4.98. The van der Waals surface area contributed by atoms with Gasteiger partial charge >= 0.3 is 10.1 Å². The Morgan fingerprint density at radius 2 is 2.00 bits per heavy atom. The number of ether oxygens (including phenoxy) is 1. The molecule has 0 unspecified atom stereocenters. The second-order valence-corrected chi connectivity index (χ2v) is 4.82. The van der Waals surface area contributed by atoms with Crippen LogP contribution >= 0.6 is 0 Å². The number of methoxy groups -OCH3 is 1. The maximum absolute atomic E-state index is 11.3. The van der Waals surface area contributed by atoms with Crippen molar-refractivity contribution in [3.05, 3.63) is 23.8 Å². The van der Waals surface area contributed by atoms with E-state index in [4.69, 9.17) is 8.92 Å². The summed E-state index contributed by atoms with van der Waals surface area (Å²) in [5, 5.41) is 0. The molecule has 0 bridgehead atoms. The Hall–Kier alpha value is -1.56. The third-order valence-electron chi connectivity index (χ3n) is 1.89. The monoisotopic (exact) mass is 244 g/mol.